The van der Waals surface area contributed by atoms with Crippen molar-refractivity contribution in [3.63, 3.8) is 0 Å². The lowest BCUT2D eigenvalue weighted by Gasteiger charge is -2.17. The molecule has 0 aromatic carbocycles. The van der Waals surface area contributed by atoms with Gasteiger partial charge in [-0.05, 0) is 19.2 Å². The number of nitrogen functional groups attached to an aromatic ring is 1. The number of hydrogen-bond donors (Lipinski definition) is 1. The minimum absolute atomic E-state index is 0.219. The summed E-state index contributed by atoms with van der Waals surface area (Å²) in [4.78, 5) is 18.0. The van der Waals surface area contributed by atoms with Crippen molar-refractivity contribution in [1.29, 1.82) is 0 Å². The first-order valence-electron chi connectivity index (χ1n) is 6.09. The van der Waals surface area contributed by atoms with Gasteiger partial charge < -0.3 is 10.6 Å². The number of ketones is 1. The first-order valence-corrected chi connectivity index (χ1v) is 6.09. The van der Waals surface area contributed by atoms with E-state index in [-0.39, 0.29) is 5.78 Å². The van der Waals surface area contributed by atoms with Crippen molar-refractivity contribution in [1.82, 2.24) is 9.88 Å². The lowest BCUT2D eigenvalue weighted by molar-refractivity contribution is -0.118. The van der Waals surface area contributed by atoms with E-state index in [2.05, 4.69) is 23.7 Å². The Hall–Kier alpha value is -1.42. The molecule has 0 bridgehead atoms. The molecule has 4 heteroatoms. The summed E-state index contributed by atoms with van der Waals surface area (Å²) in [6.07, 6.45) is 4.28. The Kier molecular flexibility index (Phi) is 5.63. The molecule has 0 aliphatic heterocycles. The van der Waals surface area contributed by atoms with Gasteiger partial charge in [0.15, 0.2) is 0 Å². The van der Waals surface area contributed by atoms with E-state index in [4.69, 9.17) is 5.73 Å². The van der Waals surface area contributed by atoms with E-state index in [0.29, 0.717) is 18.5 Å². The normalized spacial score (nSPS) is 10.8. The molecule has 0 radical (unpaired) electrons. The van der Waals surface area contributed by atoms with Gasteiger partial charge in [-0.1, -0.05) is 13.8 Å². The van der Waals surface area contributed by atoms with Gasteiger partial charge in [-0.2, -0.15) is 0 Å². The molecule has 0 spiro atoms. The molecular formula is C13H21N3O. The summed E-state index contributed by atoms with van der Waals surface area (Å²) < 4.78 is 0. The van der Waals surface area contributed by atoms with Crippen LogP contribution in [-0.4, -0.2) is 35.3 Å². The van der Waals surface area contributed by atoms with Crippen molar-refractivity contribution in [2.45, 2.75) is 26.7 Å². The first kappa shape index (κ1) is 13.6. The number of aromatic nitrogens is 1. The van der Waals surface area contributed by atoms with Crippen LogP contribution in [0.2, 0.25) is 0 Å². The predicted octanol–water partition coefficient (Wildman–Crippen LogP) is 1.51. The summed E-state index contributed by atoms with van der Waals surface area (Å²) in [7, 11) is 0. The van der Waals surface area contributed by atoms with E-state index in [1.165, 1.54) is 0 Å². The van der Waals surface area contributed by atoms with Crippen LogP contribution in [-0.2, 0) is 11.2 Å². The van der Waals surface area contributed by atoms with Crippen LogP contribution in [0, 0.1) is 0 Å². The van der Waals surface area contributed by atoms with Crippen molar-refractivity contribution < 1.29 is 4.79 Å². The fourth-order valence-electron chi connectivity index (χ4n) is 1.71. The predicted molar refractivity (Wildman–Crippen MR) is 69.8 cm³/mol. The van der Waals surface area contributed by atoms with E-state index in [0.717, 1.165) is 25.2 Å². The summed E-state index contributed by atoms with van der Waals surface area (Å²) in [6.45, 7) is 7.00. The van der Waals surface area contributed by atoms with Crippen molar-refractivity contribution in [3.05, 3.63) is 24.0 Å². The Labute approximate surface area is 103 Å². The molecule has 0 aliphatic carbocycles. The highest BCUT2D eigenvalue weighted by Gasteiger charge is 2.08. The fraction of sp³-hybridized carbons (Fsp3) is 0.538. The second-order valence-corrected chi connectivity index (χ2v) is 4.07. The topological polar surface area (TPSA) is 59.2 Å². The molecule has 2 N–H and O–H groups in total. The molecule has 1 heterocycles. The van der Waals surface area contributed by atoms with Crippen molar-refractivity contribution in [2.75, 3.05) is 25.4 Å². The summed E-state index contributed by atoms with van der Waals surface area (Å²) >= 11 is 0. The smallest absolute Gasteiger partial charge is 0.138 e. The van der Waals surface area contributed by atoms with Crippen molar-refractivity contribution in [3.8, 4) is 0 Å². The second-order valence-electron chi connectivity index (χ2n) is 4.07. The summed E-state index contributed by atoms with van der Waals surface area (Å²) in [6, 6.07) is 1.73. The van der Waals surface area contributed by atoms with Crippen molar-refractivity contribution >= 4 is 11.5 Å². The van der Waals surface area contributed by atoms with Crippen LogP contribution in [0.25, 0.3) is 0 Å². The number of Topliss-reactive ketones (excluding diaryl/α,β-unsaturated/α-hetero) is 1. The van der Waals surface area contributed by atoms with E-state index >= 15 is 0 Å². The average molecular weight is 235 g/mol. The lowest BCUT2D eigenvalue weighted by Crippen LogP contribution is -2.26. The molecule has 0 saturated carbocycles. The van der Waals surface area contributed by atoms with Crippen LogP contribution in [0.1, 0.15) is 25.8 Å². The lowest BCUT2D eigenvalue weighted by atomic mass is 10.1. The monoisotopic (exact) mass is 235 g/mol. The SMILES string of the molecule is CCN(CC)CCC(=O)Cc1cnccc1N. The minimum atomic E-state index is 0.219. The average Bonchev–Trinajstić information content (AvgIpc) is 2.33. The highest BCUT2D eigenvalue weighted by Crippen LogP contribution is 2.10. The van der Waals surface area contributed by atoms with Gasteiger partial charge in [0.25, 0.3) is 0 Å². The van der Waals surface area contributed by atoms with E-state index in [1.54, 1.807) is 18.5 Å². The van der Waals surface area contributed by atoms with Gasteiger partial charge >= 0.3 is 0 Å². The molecule has 0 amide bonds. The maximum absolute atomic E-state index is 11.8. The molecule has 0 aliphatic rings. The first-order chi connectivity index (χ1) is 8.17. The highest BCUT2D eigenvalue weighted by atomic mass is 16.1. The molecule has 0 unspecified atom stereocenters. The van der Waals surface area contributed by atoms with Crippen LogP contribution in [0.5, 0.6) is 0 Å². The standard InChI is InChI=1S/C13H21N3O/c1-3-16(4-2)8-6-12(17)9-11-10-15-7-5-13(11)14/h5,7,10H,3-4,6,8-9H2,1-2H3,(H2,14,15). The van der Waals surface area contributed by atoms with Crippen LogP contribution >= 0.6 is 0 Å². The summed E-state index contributed by atoms with van der Waals surface area (Å²) in [5.74, 6) is 0.219. The third-order valence-corrected chi connectivity index (χ3v) is 2.93. The Balaban J connectivity index is 2.42. The molecule has 0 saturated heterocycles. The molecule has 0 fully saturated rings. The largest absolute Gasteiger partial charge is 0.398 e. The summed E-state index contributed by atoms with van der Waals surface area (Å²) in [5.41, 5.74) is 7.25. The molecule has 4 nitrogen and oxygen atoms in total. The highest BCUT2D eigenvalue weighted by molar-refractivity contribution is 5.82. The zero-order valence-corrected chi connectivity index (χ0v) is 10.6. The van der Waals surface area contributed by atoms with Gasteiger partial charge in [0.1, 0.15) is 5.78 Å². The van der Waals surface area contributed by atoms with Gasteiger partial charge in [0.2, 0.25) is 0 Å². The van der Waals surface area contributed by atoms with Crippen LogP contribution < -0.4 is 5.73 Å². The maximum atomic E-state index is 11.8. The zero-order chi connectivity index (χ0) is 12.7. The Morgan fingerprint density at radius 3 is 2.71 bits per heavy atom. The molecular weight excluding hydrogens is 214 g/mol. The Bertz CT molecular complexity index is 361. The van der Waals surface area contributed by atoms with Crippen LogP contribution in [0.4, 0.5) is 5.69 Å². The number of nitrogens with two attached hydrogens (primary N) is 1. The molecule has 0 atom stereocenters. The van der Waals surface area contributed by atoms with Gasteiger partial charge in [0.05, 0.1) is 0 Å². The van der Waals surface area contributed by atoms with Crippen molar-refractivity contribution in [2.24, 2.45) is 0 Å². The molecule has 1 aromatic rings. The van der Waals surface area contributed by atoms with E-state index in [9.17, 15) is 4.79 Å². The number of pyridine rings is 1. The van der Waals surface area contributed by atoms with Crippen LogP contribution in [0.3, 0.4) is 0 Å². The number of hydrogen-bond acceptors (Lipinski definition) is 4. The van der Waals surface area contributed by atoms with Gasteiger partial charge in [0, 0.05) is 43.0 Å². The minimum Gasteiger partial charge on any atom is -0.398 e. The van der Waals surface area contributed by atoms with Crippen LogP contribution in [0.15, 0.2) is 18.5 Å². The van der Waals surface area contributed by atoms with Gasteiger partial charge in [-0.3, -0.25) is 9.78 Å². The van der Waals surface area contributed by atoms with Gasteiger partial charge in [-0.25, -0.2) is 0 Å². The number of anilines is 1. The molecule has 1 rings (SSSR count). The Morgan fingerprint density at radius 1 is 1.41 bits per heavy atom. The second kappa shape index (κ2) is 7.01. The fourth-order valence-corrected chi connectivity index (χ4v) is 1.71. The maximum Gasteiger partial charge on any atom is 0.138 e. The number of carbonyl (C=O) groups excluding carboxylic acids is 1. The number of rotatable bonds is 7. The third kappa shape index (κ3) is 4.53. The number of carbonyl (C=O) groups is 1. The van der Waals surface area contributed by atoms with Gasteiger partial charge in [-0.15, -0.1) is 0 Å². The van der Waals surface area contributed by atoms with E-state index in [1.807, 2.05) is 0 Å². The number of nitrogens with zero attached hydrogens (tertiary/aromatic N) is 2. The quantitative estimate of drug-likeness (QED) is 0.778. The molecule has 94 valence electrons. The third-order valence-electron chi connectivity index (χ3n) is 2.93. The summed E-state index contributed by atoms with van der Waals surface area (Å²) in [5, 5.41) is 0. The zero-order valence-electron chi connectivity index (χ0n) is 10.6. The molecule has 1 aromatic heterocycles. The molecule has 17 heavy (non-hydrogen) atoms. The Morgan fingerprint density at radius 2 is 2.12 bits per heavy atom. The van der Waals surface area contributed by atoms with E-state index < -0.39 is 0 Å².